The van der Waals surface area contributed by atoms with Crippen LogP contribution in [0, 0.1) is 5.92 Å². The fourth-order valence-electron chi connectivity index (χ4n) is 3.41. The summed E-state index contributed by atoms with van der Waals surface area (Å²) in [7, 11) is -1.88. The van der Waals surface area contributed by atoms with Crippen LogP contribution in [0.4, 0.5) is 0 Å². The number of sulfonamides is 1. The van der Waals surface area contributed by atoms with Crippen molar-refractivity contribution in [3.05, 3.63) is 48.6 Å². The number of furan rings is 1. The Balaban J connectivity index is 1.32. The van der Waals surface area contributed by atoms with Crippen molar-refractivity contribution < 1.29 is 17.6 Å². The number of hydrogen-bond donors (Lipinski definition) is 1. The van der Waals surface area contributed by atoms with Gasteiger partial charge in [-0.1, -0.05) is 18.2 Å². The molecule has 8 nitrogen and oxygen atoms in total. The second-order valence-corrected chi connectivity index (χ2v) is 8.83. The molecular formula is C19H22N4O4S. The van der Waals surface area contributed by atoms with Gasteiger partial charge in [0.25, 0.3) is 15.9 Å². The van der Waals surface area contributed by atoms with E-state index in [0.717, 1.165) is 18.2 Å². The lowest BCUT2D eigenvalue weighted by molar-refractivity contribution is 0.0662. The molecule has 9 heteroatoms. The van der Waals surface area contributed by atoms with Crippen LogP contribution in [0.5, 0.6) is 0 Å². The zero-order valence-corrected chi connectivity index (χ0v) is 16.4. The van der Waals surface area contributed by atoms with Crippen LogP contribution in [0.1, 0.15) is 23.4 Å². The van der Waals surface area contributed by atoms with Crippen LogP contribution in [0.3, 0.4) is 0 Å². The van der Waals surface area contributed by atoms with Crippen LogP contribution in [-0.4, -0.2) is 48.4 Å². The second kappa shape index (κ2) is 7.40. The Morgan fingerprint density at radius 3 is 2.71 bits per heavy atom. The summed E-state index contributed by atoms with van der Waals surface area (Å²) in [6.07, 6.45) is 4.39. The highest BCUT2D eigenvalue weighted by molar-refractivity contribution is 7.89. The number of aromatic nitrogens is 2. The predicted octanol–water partition coefficient (Wildman–Crippen LogP) is 2.00. The van der Waals surface area contributed by atoms with Gasteiger partial charge >= 0.3 is 0 Å². The van der Waals surface area contributed by atoms with Crippen molar-refractivity contribution in [2.24, 2.45) is 13.0 Å². The standard InChI is InChI=1S/C19H22N4O4S/c1-22-12-18(20-13-22)28(25,26)21-11-14-6-8-23(9-7-14)19(24)17-10-15-4-2-3-5-16(15)27-17/h2-5,10,12-14,21H,6-9,11H2,1H3. The summed E-state index contributed by atoms with van der Waals surface area (Å²) >= 11 is 0. The van der Waals surface area contributed by atoms with E-state index in [4.69, 9.17) is 4.42 Å². The SMILES string of the molecule is Cn1cnc(S(=O)(=O)NCC2CCN(C(=O)c3cc4ccccc4o3)CC2)c1. The molecule has 1 aromatic carbocycles. The highest BCUT2D eigenvalue weighted by Gasteiger charge is 2.27. The van der Waals surface area contributed by atoms with Crippen molar-refractivity contribution in [3.63, 3.8) is 0 Å². The van der Waals surface area contributed by atoms with Crippen molar-refractivity contribution in [1.29, 1.82) is 0 Å². The van der Waals surface area contributed by atoms with Crippen molar-refractivity contribution in [1.82, 2.24) is 19.2 Å². The third-order valence-corrected chi connectivity index (χ3v) is 6.36. The van der Waals surface area contributed by atoms with Gasteiger partial charge < -0.3 is 13.9 Å². The molecule has 148 valence electrons. The van der Waals surface area contributed by atoms with Gasteiger partial charge in [0, 0.05) is 38.3 Å². The summed E-state index contributed by atoms with van der Waals surface area (Å²) in [6, 6.07) is 9.30. The molecule has 0 spiro atoms. The van der Waals surface area contributed by atoms with E-state index in [9.17, 15) is 13.2 Å². The van der Waals surface area contributed by atoms with Crippen LogP contribution < -0.4 is 4.72 Å². The number of rotatable bonds is 5. The number of likely N-dealkylation sites (tertiary alicyclic amines) is 1. The monoisotopic (exact) mass is 402 g/mol. The number of amides is 1. The Bertz CT molecular complexity index is 1060. The molecule has 2 aromatic heterocycles. The molecule has 0 radical (unpaired) electrons. The minimum Gasteiger partial charge on any atom is -0.451 e. The summed E-state index contributed by atoms with van der Waals surface area (Å²) in [5.41, 5.74) is 0.699. The van der Waals surface area contributed by atoms with Crippen LogP contribution in [-0.2, 0) is 17.1 Å². The number of hydrogen-bond acceptors (Lipinski definition) is 5. The molecule has 1 saturated heterocycles. The van der Waals surface area contributed by atoms with Crippen molar-refractivity contribution >= 4 is 26.9 Å². The first kappa shape index (κ1) is 18.7. The minimum atomic E-state index is -3.60. The number of nitrogens with one attached hydrogen (secondary N) is 1. The van der Waals surface area contributed by atoms with Gasteiger partial charge in [0.2, 0.25) is 0 Å². The number of aryl methyl sites for hydroxylation is 1. The molecule has 1 fully saturated rings. The van der Waals surface area contributed by atoms with Gasteiger partial charge in [-0.05, 0) is 30.9 Å². The average Bonchev–Trinajstić information content (AvgIpc) is 3.33. The molecule has 0 aliphatic carbocycles. The lowest BCUT2D eigenvalue weighted by Crippen LogP contribution is -2.41. The molecule has 1 N–H and O–H groups in total. The van der Waals surface area contributed by atoms with E-state index in [1.807, 2.05) is 24.3 Å². The first-order valence-electron chi connectivity index (χ1n) is 9.18. The summed E-state index contributed by atoms with van der Waals surface area (Å²) < 4.78 is 34.4. The first-order chi connectivity index (χ1) is 13.4. The quantitative estimate of drug-likeness (QED) is 0.704. The molecule has 3 aromatic rings. The van der Waals surface area contributed by atoms with Crippen LogP contribution in [0.15, 0.2) is 52.3 Å². The molecule has 1 amide bonds. The van der Waals surface area contributed by atoms with E-state index in [-0.39, 0.29) is 16.9 Å². The maximum atomic E-state index is 12.7. The first-order valence-corrected chi connectivity index (χ1v) is 10.7. The Morgan fingerprint density at radius 1 is 1.29 bits per heavy atom. The number of imidazole rings is 1. The van der Waals surface area contributed by atoms with Crippen LogP contribution >= 0.6 is 0 Å². The van der Waals surface area contributed by atoms with Gasteiger partial charge in [-0.25, -0.2) is 18.1 Å². The summed E-state index contributed by atoms with van der Waals surface area (Å²) in [5, 5.41) is 0.928. The number of fused-ring (bicyclic) bond motifs is 1. The second-order valence-electron chi connectivity index (χ2n) is 7.11. The Labute approximate surface area is 163 Å². The van der Waals surface area contributed by atoms with E-state index in [1.165, 1.54) is 12.5 Å². The molecule has 1 aliphatic heterocycles. The number of carbonyl (C=O) groups is 1. The van der Waals surface area contributed by atoms with E-state index in [1.54, 1.807) is 22.6 Å². The Morgan fingerprint density at radius 2 is 2.04 bits per heavy atom. The van der Waals surface area contributed by atoms with Gasteiger partial charge in [0.15, 0.2) is 10.8 Å². The van der Waals surface area contributed by atoms with E-state index in [0.29, 0.717) is 31.0 Å². The van der Waals surface area contributed by atoms with Crippen molar-refractivity contribution in [2.75, 3.05) is 19.6 Å². The molecule has 4 rings (SSSR count). The fourth-order valence-corrected chi connectivity index (χ4v) is 4.51. The Kier molecular flexibility index (Phi) is 4.94. The van der Waals surface area contributed by atoms with Gasteiger partial charge in [-0.3, -0.25) is 4.79 Å². The largest absolute Gasteiger partial charge is 0.451 e. The molecule has 1 aliphatic rings. The number of carbonyl (C=O) groups excluding carboxylic acids is 1. The minimum absolute atomic E-state index is 0.0208. The topological polar surface area (TPSA) is 97.4 Å². The highest BCUT2D eigenvalue weighted by atomic mass is 32.2. The maximum absolute atomic E-state index is 12.7. The zero-order chi connectivity index (χ0) is 19.7. The van der Waals surface area contributed by atoms with E-state index < -0.39 is 10.0 Å². The smallest absolute Gasteiger partial charge is 0.289 e. The third-order valence-electron chi connectivity index (χ3n) is 5.06. The number of piperidine rings is 1. The lowest BCUT2D eigenvalue weighted by atomic mass is 9.97. The van der Waals surface area contributed by atoms with Gasteiger partial charge in [-0.15, -0.1) is 0 Å². The van der Waals surface area contributed by atoms with Gasteiger partial charge in [-0.2, -0.15) is 0 Å². The lowest BCUT2D eigenvalue weighted by Gasteiger charge is -2.31. The predicted molar refractivity (Wildman–Crippen MR) is 103 cm³/mol. The average molecular weight is 402 g/mol. The van der Waals surface area contributed by atoms with Crippen molar-refractivity contribution in [2.45, 2.75) is 17.9 Å². The molecule has 3 heterocycles. The van der Waals surface area contributed by atoms with Crippen LogP contribution in [0.25, 0.3) is 11.0 Å². The summed E-state index contributed by atoms with van der Waals surface area (Å²) in [5.74, 6) is 0.400. The molecule has 0 atom stereocenters. The Hall–Kier alpha value is -2.65. The number of benzene rings is 1. The van der Waals surface area contributed by atoms with E-state index in [2.05, 4.69) is 9.71 Å². The molecule has 0 saturated carbocycles. The number of nitrogens with zero attached hydrogens (tertiary/aromatic N) is 3. The van der Waals surface area contributed by atoms with Gasteiger partial charge in [0.05, 0.1) is 6.33 Å². The maximum Gasteiger partial charge on any atom is 0.289 e. The van der Waals surface area contributed by atoms with Crippen molar-refractivity contribution in [3.8, 4) is 0 Å². The molecule has 28 heavy (non-hydrogen) atoms. The molecule has 0 unspecified atom stereocenters. The summed E-state index contributed by atoms with van der Waals surface area (Å²) in [6.45, 7) is 1.49. The number of para-hydroxylation sites is 1. The summed E-state index contributed by atoms with van der Waals surface area (Å²) in [4.78, 5) is 18.3. The van der Waals surface area contributed by atoms with Gasteiger partial charge in [0.1, 0.15) is 5.58 Å². The normalized spacial score (nSPS) is 16.0. The van der Waals surface area contributed by atoms with Crippen LogP contribution in [0.2, 0.25) is 0 Å². The highest BCUT2D eigenvalue weighted by Crippen LogP contribution is 2.23. The molecule has 0 bridgehead atoms. The fraction of sp³-hybridized carbons (Fsp3) is 0.368. The van der Waals surface area contributed by atoms with E-state index >= 15 is 0 Å². The third kappa shape index (κ3) is 3.81. The zero-order valence-electron chi connectivity index (χ0n) is 15.5. The molecular weight excluding hydrogens is 380 g/mol.